The normalized spacial score (nSPS) is 9.60. The van der Waals surface area contributed by atoms with E-state index in [0.29, 0.717) is 18.7 Å². The molecule has 0 aliphatic carbocycles. The highest BCUT2D eigenvalue weighted by atomic mass is 16.2. The van der Waals surface area contributed by atoms with Crippen LogP contribution >= 0.6 is 0 Å². The summed E-state index contributed by atoms with van der Waals surface area (Å²) in [5, 5.41) is 5.39. The molecule has 80 valence electrons. The second-order valence-corrected chi connectivity index (χ2v) is 2.95. The monoisotopic (exact) mass is 208 g/mol. The summed E-state index contributed by atoms with van der Waals surface area (Å²) < 4.78 is 0. The van der Waals surface area contributed by atoms with E-state index in [0.717, 1.165) is 0 Å². The van der Waals surface area contributed by atoms with E-state index in [4.69, 9.17) is 5.53 Å². The molecule has 3 N–H and O–H groups in total. The van der Waals surface area contributed by atoms with Crippen LogP contribution in [-0.4, -0.2) is 23.3 Å². The van der Waals surface area contributed by atoms with Gasteiger partial charge in [-0.15, -0.1) is 5.11 Å². The molecular weight excluding hydrogens is 196 g/mol. The lowest BCUT2D eigenvalue weighted by Crippen LogP contribution is -2.25. The summed E-state index contributed by atoms with van der Waals surface area (Å²) in [6.07, 6.45) is 2.35. The van der Waals surface area contributed by atoms with Crippen molar-refractivity contribution >= 4 is 11.8 Å². The quantitative estimate of drug-likeness (QED) is 0.498. The molecule has 0 aliphatic rings. The van der Waals surface area contributed by atoms with Crippen LogP contribution in [0, 0.1) is 5.53 Å². The first-order valence-electron chi connectivity index (χ1n) is 4.56. The summed E-state index contributed by atoms with van der Waals surface area (Å²) >= 11 is 0. The summed E-state index contributed by atoms with van der Waals surface area (Å²) in [6, 6.07) is 3.40. The lowest BCUT2D eigenvalue weighted by atomic mass is 10.3. The zero-order valence-corrected chi connectivity index (χ0v) is 8.12. The van der Waals surface area contributed by atoms with Crippen molar-refractivity contribution in [3.8, 4) is 0 Å². The number of hydrogen-bond donors (Lipinski definition) is 3. The molecule has 1 rings (SSSR count). The molecule has 0 bridgehead atoms. The van der Waals surface area contributed by atoms with Crippen molar-refractivity contribution in [3.05, 3.63) is 24.0 Å². The van der Waals surface area contributed by atoms with Gasteiger partial charge >= 0.3 is 0 Å². The predicted molar refractivity (Wildman–Crippen MR) is 52.5 cm³/mol. The molecule has 0 unspecified atom stereocenters. The van der Waals surface area contributed by atoms with Crippen molar-refractivity contribution < 1.29 is 9.59 Å². The first-order chi connectivity index (χ1) is 7.24. The number of hydrogen-bond acceptors (Lipinski definition) is 3. The second kappa shape index (κ2) is 5.69. The van der Waals surface area contributed by atoms with Crippen LogP contribution in [-0.2, 0) is 4.79 Å². The van der Waals surface area contributed by atoms with E-state index in [1.807, 2.05) is 0 Å². The Kier molecular flexibility index (Phi) is 4.21. The Morgan fingerprint density at radius 2 is 2.33 bits per heavy atom. The molecule has 6 heteroatoms. The Bertz CT molecular complexity index is 345. The van der Waals surface area contributed by atoms with Crippen LogP contribution in [0.15, 0.2) is 23.4 Å². The van der Waals surface area contributed by atoms with E-state index < -0.39 is 5.91 Å². The van der Waals surface area contributed by atoms with Crippen LogP contribution < -0.4 is 5.32 Å². The average Bonchev–Trinajstić information content (AvgIpc) is 2.77. The maximum absolute atomic E-state index is 11.3. The molecule has 1 heterocycles. The number of carbonyl (C=O) groups excluding carboxylic acids is 2. The van der Waals surface area contributed by atoms with E-state index in [9.17, 15) is 9.59 Å². The molecule has 1 aromatic heterocycles. The maximum atomic E-state index is 11.3. The van der Waals surface area contributed by atoms with Gasteiger partial charge in [-0.1, -0.05) is 0 Å². The standard InChI is InChI=1S/C9H12N4O2/c10-13-8(14)4-2-6-12-9(15)7-3-1-5-11-7/h1,3,5,10-11H,2,4,6H2,(H,12,15). The van der Waals surface area contributed by atoms with Gasteiger partial charge in [0, 0.05) is 19.2 Å². The fourth-order valence-electron chi connectivity index (χ4n) is 1.06. The highest BCUT2D eigenvalue weighted by Gasteiger charge is 2.04. The zero-order chi connectivity index (χ0) is 11.1. The summed E-state index contributed by atoms with van der Waals surface area (Å²) in [5.41, 5.74) is 6.92. The third-order valence-electron chi connectivity index (χ3n) is 1.82. The lowest BCUT2D eigenvalue weighted by Gasteiger charge is -2.01. The third kappa shape index (κ3) is 3.72. The van der Waals surface area contributed by atoms with Gasteiger partial charge in [-0.05, 0) is 18.6 Å². The van der Waals surface area contributed by atoms with Gasteiger partial charge in [0.25, 0.3) is 11.8 Å². The average molecular weight is 208 g/mol. The topological polar surface area (TPSA) is 98.2 Å². The lowest BCUT2D eigenvalue weighted by molar-refractivity contribution is -0.118. The Morgan fingerprint density at radius 3 is 2.93 bits per heavy atom. The molecule has 0 spiro atoms. The minimum atomic E-state index is -0.468. The van der Waals surface area contributed by atoms with E-state index in [1.54, 1.807) is 18.3 Å². The summed E-state index contributed by atoms with van der Waals surface area (Å²) in [4.78, 5) is 24.7. The van der Waals surface area contributed by atoms with Gasteiger partial charge in [-0.3, -0.25) is 9.59 Å². The first-order valence-corrected chi connectivity index (χ1v) is 4.56. The zero-order valence-electron chi connectivity index (χ0n) is 8.12. The number of aromatic amines is 1. The Hall–Kier alpha value is -1.98. The number of amides is 2. The van der Waals surface area contributed by atoms with Crippen LogP contribution in [0.2, 0.25) is 0 Å². The van der Waals surface area contributed by atoms with Crippen LogP contribution in [0.25, 0.3) is 0 Å². The van der Waals surface area contributed by atoms with Crippen LogP contribution in [0.1, 0.15) is 23.3 Å². The largest absolute Gasteiger partial charge is 0.357 e. The molecule has 0 saturated heterocycles. The summed E-state index contributed by atoms with van der Waals surface area (Å²) in [7, 11) is 0. The van der Waals surface area contributed by atoms with E-state index in [1.165, 1.54) is 0 Å². The smallest absolute Gasteiger partial charge is 0.267 e. The van der Waals surface area contributed by atoms with Gasteiger partial charge in [0.15, 0.2) is 0 Å². The molecule has 0 aromatic carbocycles. The highest BCUT2D eigenvalue weighted by Crippen LogP contribution is 1.95. The van der Waals surface area contributed by atoms with Crippen molar-refractivity contribution in [1.82, 2.24) is 10.3 Å². The minimum Gasteiger partial charge on any atom is -0.357 e. The van der Waals surface area contributed by atoms with Crippen molar-refractivity contribution in [2.75, 3.05) is 6.54 Å². The molecule has 0 aliphatic heterocycles. The highest BCUT2D eigenvalue weighted by molar-refractivity contribution is 5.92. The minimum absolute atomic E-state index is 0.189. The second-order valence-electron chi connectivity index (χ2n) is 2.95. The van der Waals surface area contributed by atoms with Crippen molar-refractivity contribution in [3.63, 3.8) is 0 Å². The Morgan fingerprint density at radius 1 is 1.53 bits per heavy atom. The number of nitrogens with zero attached hydrogens (tertiary/aromatic N) is 1. The molecule has 0 atom stereocenters. The molecule has 2 amide bonds. The van der Waals surface area contributed by atoms with Crippen LogP contribution in [0.3, 0.4) is 0 Å². The molecule has 1 aromatic rings. The van der Waals surface area contributed by atoms with Crippen molar-refractivity contribution in [2.24, 2.45) is 5.11 Å². The van der Waals surface area contributed by atoms with E-state index in [-0.39, 0.29) is 12.3 Å². The number of aromatic nitrogens is 1. The molecule has 0 saturated carbocycles. The molecular formula is C9H12N4O2. The molecule has 6 nitrogen and oxygen atoms in total. The van der Waals surface area contributed by atoms with E-state index >= 15 is 0 Å². The Labute approximate surface area is 86.6 Å². The Balaban J connectivity index is 2.18. The predicted octanol–water partition coefficient (Wildman–Crippen LogP) is 1.08. The maximum Gasteiger partial charge on any atom is 0.267 e. The van der Waals surface area contributed by atoms with Gasteiger partial charge in [-0.2, -0.15) is 0 Å². The summed E-state index contributed by atoms with van der Waals surface area (Å²) in [6.45, 7) is 0.402. The number of nitrogens with one attached hydrogen (secondary N) is 3. The van der Waals surface area contributed by atoms with Crippen LogP contribution in [0.4, 0.5) is 0 Å². The number of rotatable bonds is 5. The molecule has 15 heavy (non-hydrogen) atoms. The van der Waals surface area contributed by atoms with E-state index in [2.05, 4.69) is 15.4 Å². The van der Waals surface area contributed by atoms with Crippen molar-refractivity contribution in [1.29, 1.82) is 5.53 Å². The van der Waals surface area contributed by atoms with Crippen molar-refractivity contribution in [2.45, 2.75) is 12.8 Å². The number of H-pyrrole nitrogens is 1. The van der Waals surface area contributed by atoms with Gasteiger partial charge in [0.2, 0.25) is 0 Å². The molecule has 0 radical (unpaired) electrons. The van der Waals surface area contributed by atoms with Crippen LogP contribution in [0.5, 0.6) is 0 Å². The fourth-order valence-corrected chi connectivity index (χ4v) is 1.06. The van der Waals surface area contributed by atoms with Gasteiger partial charge in [-0.25, -0.2) is 5.53 Å². The SMILES string of the molecule is N=NC(=O)CCCNC(=O)c1ccc[nH]1. The number of carbonyl (C=O) groups is 2. The van der Waals surface area contributed by atoms with Gasteiger partial charge < -0.3 is 10.3 Å². The molecule has 0 fully saturated rings. The fraction of sp³-hybridized carbons (Fsp3) is 0.333. The third-order valence-corrected chi connectivity index (χ3v) is 1.82. The first kappa shape index (κ1) is 11.1. The summed E-state index contributed by atoms with van der Waals surface area (Å²) in [5.74, 6) is -0.667. The van der Waals surface area contributed by atoms with Gasteiger partial charge in [0.05, 0.1) is 0 Å². The van der Waals surface area contributed by atoms with Gasteiger partial charge in [0.1, 0.15) is 5.69 Å².